The highest BCUT2D eigenvalue weighted by Gasteiger charge is 2.47. The van der Waals surface area contributed by atoms with E-state index in [-0.39, 0.29) is 0 Å². The van der Waals surface area contributed by atoms with Crippen molar-refractivity contribution < 1.29 is 4.57 Å². The summed E-state index contributed by atoms with van der Waals surface area (Å²) in [6, 6.07) is 24.6. The first kappa shape index (κ1) is 14.1. The number of nitrogens with zero attached hydrogens (tertiary/aromatic N) is 2. The summed E-state index contributed by atoms with van der Waals surface area (Å²) in [5.41, 5.74) is 10.8. The van der Waals surface area contributed by atoms with Crippen molar-refractivity contribution in [3.05, 3.63) is 95.2 Å². The molecule has 0 spiro atoms. The molecule has 0 aliphatic carbocycles. The van der Waals surface area contributed by atoms with Crippen molar-refractivity contribution in [1.82, 2.24) is 4.57 Å². The predicted octanol–water partition coefficient (Wildman–Crippen LogP) is 4.98. The topological polar surface area (TPSA) is 8.81 Å². The number of para-hydroxylation sites is 1. The summed E-state index contributed by atoms with van der Waals surface area (Å²) < 4.78 is 4.94. The number of aromatic nitrogens is 2. The third-order valence-electron chi connectivity index (χ3n) is 5.93. The fourth-order valence-electron chi connectivity index (χ4n) is 4.91. The van der Waals surface area contributed by atoms with Gasteiger partial charge in [-0.3, -0.25) is 0 Å². The van der Waals surface area contributed by atoms with Crippen LogP contribution in [0.15, 0.2) is 72.9 Å². The molecular formula is C24H19N2+. The highest BCUT2D eigenvalue weighted by molar-refractivity contribution is 5.80. The Kier molecular flexibility index (Phi) is 2.56. The second-order valence-corrected chi connectivity index (χ2v) is 7.40. The maximum Gasteiger partial charge on any atom is 0.295 e. The van der Waals surface area contributed by atoms with Gasteiger partial charge in [0.1, 0.15) is 11.9 Å². The summed E-state index contributed by atoms with van der Waals surface area (Å²) >= 11 is 0. The van der Waals surface area contributed by atoms with Crippen molar-refractivity contribution in [3.63, 3.8) is 0 Å². The second-order valence-electron chi connectivity index (χ2n) is 7.40. The highest BCUT2D eigenvalue weighted by atomic mass is 15.2. The second kappa shape index (κ2) is 4.73. The first-order valence-corrected chi connectivity index (χ1v) is 9.18. The van der Waals surface area contributed by atoms with E-state index in [9.17, 15) is 0 Å². The Morgan fingerprint density at radius 2 is 1.35 bits per heavy atom. The fraction of sp³-hybridized carbons (Fsp3) is 0.125. The normalized spacial score (nSPS) is 15.7. The maximum absolute atomic E-state index is 2.53. The lowest BCUT2D eigenvalue weighted by molar-refractivity contribution is -0.583. The maximum atomic E-state index is 2.53. The van der Waals surface area contributed by atoms with Gasteiger partial charge >= 0.3 is 0 Å². The Morgan fingerprint density at radius 1 is 0.731 bits per heavy atom. The van der Waals surface area contributed by atoms with Crippen molar-refractivity contribution in [3.8, 4) is 28.3 Å². The molecule has 0 saturated carbocycles. The number of benzene rings is 3. The molecule has 2 aliphatic rings. The van der Waals surface area contributed by atoms with Crippen molar-refractivity contribution >= 4 is 0 Å². The highest BCUT2D eigenvalue weighted by Crippen LogP contribution is 2.51. The van der Waals surface area contributed by atoms with Crippen LogP contribution in [0, 0.1) is 13.8 Å². The largest absolute Gasteiger partial charge is 0.295 e. The van der Waals surface area contributed by atoms with E-state index in [1.807, 2.05) is 0 Å². The van der Waals surface area contributed by atoms with Gasteiger partial charge in [-0.25, -0.2) is 4.57 Å². The molecule has 2 heteroatoms. The summed E-state index contributed by atoms with van der Waals surface area (Å²) in [5.74, 6) is 1.30. The first-order chi connectivity index (χ1) is 12.8. The zero-order chi connectivity index (χ0) is 17.4. The van der Waals surface area contributed by atoms with E-state index in [4.69, 9.17) is 0 Å². The van der Waals surface area contributed by atoms with Crippen LogP contribution in [0.4, 0.5) is 0 Å². The van der Waals surface area contributed by atoms with Gasteiger partial charge in [-0.2, -0.15) is 4.57 Å². The van der Waals surface area contributed by atoms with E-state index in [0.717, 1.165) is 0 Å². The molecule has 1 unspecified atom stereocenters. The molecule has 0 saturated heterocycles. The van der Waals surface area contributed by atoms with Gasteiger partial charge in [0.2, 0.25) is 0 Å². The zero-order valence-corrected chi connectivity index (χ0v) is 14.9. The number of fused-ring (bicyclic) bond motifs is 6. The molecule has 6 rings (SSSR count). The molecule has 26 heavy (non-hydrogen) atoms. The van der Waals surface area contributed by atoms with E-state index < -0.39 is 0 Å². The minimum atomic E-state index is 0.304. The fourth-order valence-corrected chi connectivity index (χ4v) is 4.91. The first-order valence-electron chi connectivity index (χ1n) is 9.18. The molecule has 0 amide bonds. The molecule has 0 N–H and O–H groups in total. The molecule has 124 valence electrons. The Balaban J connectivity index is 1.77. The molecule has 3 heterocycles. The Morgan fingerprint density at radius 3 is 2.08 bits per heavy atom. The molecule has 0 radical (unpaired) electrons. The Labute approximate surface area is 153 Å². The van der Waals surface area contributed by atoms with Crippen LogP contribution >= 0.6 is 0 Å². The molecule has 4 aromatic rings. The predicted molar refractivity (Wildman–Crippen MR) is 104 cm³/mol. The van der Waals surface area contributed by atoms with Gasteiger partial charge in [0.15, 0.2) is 11.7 Å². The van der Waals surface area contributed by atoms with Crippen LogP contribution in [0.25, 0.3) is 28.3 Å². The standard InChI is InChI=1S/C24H19N2/c1-15-8-7-9-16(2)22(15)25-14-21-17-10-3-4-11-18(17)23-19-12-5-6-13-20(19)24(25)26(21)23/h3-14,23H,1-2H3/q+1. The molecule has 1 aromatic heterocycles. The number of imidazole rings is 1. The average Bonchev–Trinajstić information content (AvgIpc) is 3.27. The minimum Gasteiger partial charge on any atom is -0.211 e. The monoisotopic (exact) mass is 335 g/mol. The SMILES string of the molecule is Cc1cccc(C)c1-[n+]1cc2n3c1-c1ccccc1C3c1ccccc1-2. The van der Waals surface area contributed by atoms with Gasteiger partial charge in [-0.1, -0.05) is 60.7 Å². The van der Waals surface area contributed by atoms with Gasteiger partial charge in [0, 0.05) is 16.7 Å². The number of aryl methyl sites for hydroxylation is 2. The lowest BCUT2D eigenvalue weighted by Crippen LogP contribution is -2.33. The van der Waals surface area contributed by atoms with E-state index in [0.29, 0.717) is 6.04 Å². The van der Waals surface area contributed by atoms with E-state index in [2.05, 4.69) is 95.9 Å². The van der Waals surface area contributed by atoms with Crippen LogP contribution in [-0.2, 0) is 0 Å². The molecular weight excluding hydrogens is 316 g/mol. The van der Waals surface area contributed by atoms with Crippen LogP contribution in [-0.4, -0.2) is 4.57 Å². The molecule has 0 bridgehead atoms. The zero-order valence-electron chi connectivity index (χ0n) is 14.9. The summed E-state index contributed by atoms with van der Waals surface area (Å²) in [5, 5.41) is 0. The van der Waals surface area contributed by atoms with Crippen molar-refractivity contribution in [2.45, 2.75) is 19.9 Å². The quantitative estimate of drug-likeness (QED) is 0.375. The lowest BCUT2D eigenvalue weighted by Gasteiger charge is -2.07. The Hall–Kier alpha value is -3.13. The van der Waals surface area contributed by atoms with E-state index in [1.54, 1.807) is 0 Å². The van der Waals surface area contributed by atoms with Crippen molar-refractivity contribution in [1.29, 1.82) is 0 Å². The van der Waals surface area contributed by atoms with Crippen LogP contribution in [0.3, 0.4) is 0 Å². The summed E-state index contributed by atoms with van der Waals surface area (Å²) in [6.07, 6.45) is 2.33. The Bertz CT molecular complexity index is 1190. The van der Waals surface area contributed by atoms with Gasteiger partial charge < -0.3 is 0 Å². The summed E-state index contributed by atoms with van der Waals surface area (Å²) in [6.45, 7) is 4.41. The minimum absolute atomic E-state index is 0.304. The molecule has 2 aliphatic heterocycles. The number of hydrogen-bond acceptors (Lipinski definition) is 0. The molecule has 2 nitrogen and oxygen atoms in total. The van der Waals surface area contributed by atoms with Crippen LogP contribution in [0.1, 0.15) is 28.3 Å². The van der Waals surface area contributed by atoms with Crippen molar-refractivity contribution in [2.75, 3.05) is 0 Å². The molecule has 1 atom stereocenters. The van der Waals surface area contributed by atoms with Crippen LogP contribution in [0.5, 0.6) is 0 Å². The average molecular weight is 335 g/mol. The molecule has 0 fully saturated rings. The van der Waals surface area contributed by atoms with Gasteiger partial charge in [0.05, 0.1) is 5.56 Å². The van der Waals surface area contributed by atoms with Gasteiger partial charge in [-0.05, 0) is 31.0 Å². The van der Waals surface area contributed by atoms with Gasteiger partial charge in [0.25, 0.3) is 5.82 Å². The number of hydrogen-bond donors (Lipinski definition) is 0. The van der Waals surface area contributed by atoms with E-state index >= 15 is 0 Å². The van der Waals surface area contributed by atoms with Crippen LogP contribution < -0.4 is 4.57 Å². The molecule has 3 aromatic carbocycles. The smallest absolute Gasteiger partial charge is 0.211 e. The summed E-state index contributed by atoms with van der Waals surface area (Å²) in [7, 11) is 0. The van der Waals surface area contributed by atoms with E-state index in [1.165, 1.54) is 50.6 Å². The van der Waals surface area contributed by atoms with Gasteiger partial charge in [-0.15, -0.1) is 0 Å². The lowest BCUT2D eigenvalue weighted by atomic mass is 9.96. The number of rotatable bonds is 1. The summed E-state index contributed by atoms with van der Waals surface area (Å²) in [4.78, 5) is 0. The third-order valence-corrected chi connectivity index (χ3v) is 5.93. The van der Waals surface area contributed by atoms with Crippen LogP contribution in [0.2, 0.25) is 0 Å². The van der Waals surface area contributed by atoms with Crippen molar-refractivity contribution in [2.24, 2.45) is 0 Å². The third kappa shape index (κ3) is 1.55.